The van der Waals surface area contributed by atoms with Crippen LogP contribution in [0.5, 0.6) is 0 Å². The molecule has 0 atom stereocenters. The first-order valence-corrected chi connectivity index (χ1v) is 7.70. The second-order valence-corrected chi connectivity index (χ2v) is 5.25. The van der Waals surface area contributed by atoms with Crippen LogP contribution in [0.25, 0.3) is 0 Å². The number of halogens is 1. The van der Waals surface area contributed by atoms with E-state index in [1.807, 2.05) is 36.4 Å². The van der Waals surface area contributed by atoms with Gasteiger partial charge in [0.2, 0.25) is 0 Å². The Labute approximate surface area is 146 Å². The molecule has 2 rings (SSSR count). The second-order valence-electron chi connectivity index (χ2n) is 4.85. The molecule has 1 amide bonds. The Morgan fingerprint density at radius 2 is 2.00 bits per heavy atom. The molecule has 120 valence electrons. The van der Waals surface area contributed by atoms with E-state index in [0.29, 0.717) is 29.1 Å². The Bertz CT molecular complexity index is 802. The van der Waals surface area contributed by atoms with Crippen molar-refractivity contribution in [3.8, 4) is 17.9 Å². The van der Waals surface area contributed by atoms with Crippen molar-refractivity contribution in [3.63, 3.8) is 0 Å². The molecule has 0 heterocycles. The molecular weight excluding hydrogens is 324 g/mol. The number of carbonyl (C=O) groups excluding carboxylic acids is 1. The summed E-state index contributed by atoms with van der Waals surface area (Å²) in [6.45, 7) is 0.624. The fourth-order valence-electron chi connectivity index (χ4n) is 1.85. The Morgan fingerprint density at radius 1 is 1.21 bits per heavy atom. The lowest BCUT2D eigenvalue weighted by atomic mass is 10.1. The molecule has 0 aliphatic heterocycles. The maximum Gasteiger partial charge on any atom is 0.407 e. The van der Waals surface area contributed by atoms with Crippen LogP contribution in [-0.2, 0) is 11.3 Å². The van der Waals surface area contributed by atoms with E-state index < -0.39 is 6.09 Å². The van der Waals surface area contributed by atoms with Gasteiger partial charge in [-0.2, -0.15) is 5.26 Å². The standard InChI is InChI=1S/C19H15ClN2O2/c20-18-10-9-15(12-17(18)13-21)6-4-5-11-22-19(23)24-14-16-7-2-1-3-8-16/h1-3,7-10,12H,5,11,14H2,(H,22,23). The summed E-state index contributed by atoms with van der Waals surface area (Å²) in [4.78, 5) is 11.5. The van der Waals surface area contributed by atoms with E-state index in [4.69, 9.17) is 21.6 Å². The molecule has 4 nitrogen and oxygen atoms in total. The molecular formula is C19H15ClN2O2. The summed E-state index contributed by atoms with van der Waals surface area (Å²) in [7, 11) is 0. The minimum Gasteiger partial charge on any atom is -0.445 e. The molecule has 0 aliphatic carbocycles. The van der Waals surface area contributed by atoms with Crippen molar-refractivity contribution in [1.29, 1.82) is 5.26 Å². The molecule has 0 saturated carbocycles. The molecule has 2 aromatic rings. The number of nitrogens with one attached hydrogen (secondary N) is 1. The molecule has 0 bridgehead atoms. The number of rotatable bonds is 4. The van der Waals surface area contributed by atoms with Gasteiger partial charge in [0.1, 0.15) is 12.7 Å². The van der Waals surface area contributed by atoms with E-state index in [9.17, 15) is 4.79 Å². The average molecular weight is 339 g/mol. The van der Waals surface area contributed by atoms with Crippen molar-refractivity contribution in [3.05, 3.63) is 70.2 Å². The normalized spacial score (nSPS) is 9.33. The number of hydrogen-bond donors (Lipinski definition) is 1. The topological polar surface area (TPSA) is 62.1 Å². The Balaban J connectivity index is 1.71. The summed E-state index contributed by atoms with van der Waals surface area (Å²) in [6, 6.07) is 16.5. The second kappa shape index (κ2) is 9.25. The van der Waals surface area contributed by atoms with Crippen LogP contribution in [-0.4, -0.2) is 12.6 Å². The molecule has 0 unspecified atom stereocenters. The van der Waals surface area contributed by atoms with Crippen molar-refractivity contribution >= 4 is 17.7 Å². The third-order valence-electron chi connectivity index (χ3n) is 3.05. The number of ether oxygens (including phenoxy) is 1. The Hall–Kier alpha value is -2.95. The minimum absolute atomic E-state index is 0.236. The molecule has 0 saturated heterocycles. The molecule has 24 heavy (non-hydrogen) atoms. The highest BCUT2D eigenvalue weighted by Crippen LogP contribution is 2.15. The summed E-state index contributed by atoms with van der Waals surface area (Å²) in [5.41, 5.74) is 2.04. The van der Waals surface area contributed by atoms with Crippen LogP contribution in [0.3, 0.4) is 0 Å². The number of nitriles is 1. The van der Waals surface area contributed by atoms with Crippen molar-refractivity contribution in [2.75, 3.05) is 6.54 Å². The van der Waals surface area contributed by atoms with E-state index in [0.717, 1.165) is 5.56 Å². The van der Waals surface area contributed by atoms with Gasteiger partial charge in [-0.05, 0) is 23.8 Å². The van der Waals surface area contributed by atoms with Gasteiger partial charge in [-0.15, -0.1) is 0 Å². The first-order chi connectivity index (χ1) is 11.7. The molecule has 1 N–H and O–H groups in total. The molecule has 0 spiro atoms. The molecule has 0 fully saturated rings. The van der Waals surface area contributed by atoms with Crippen LogP contribution in [0, 0.1) is 23.2 Å². The first kappa shape index (κ1) is 17.4. The smallest absolute Gasteiger partial charge is 0.407 e. The number of amides is 1. The Morgan fingerprint density at radius 3 is 2.75 bits per heavy atom. The van der Waals surface area contributed by atoms with Crippen LogP contribution < -0.4 is 5.32 Å². The highest BCUT2D eigenvalue weighted by molar-refractivity contribution is 6.31. The lowest BCUT2D eigenvalue weighted by Crippen LogP contribution is -2.24. The van der Waals surface area contributed by atoms with Gasteiger partial charge in [0.05, 0.1) is 10.6 Å². The van der Waals surface area contributed by atoms with Crippen LogP contribution in [0.15, 0.2) is 48.5 Å². The van der Waals surface area contributed by atoms with Gasteiger partial charge in [-0.25, -0.2) is 4.79 Å². The van der Waals surface area contributed by atoms with Crippen LogP contribution in [0.4, 0.5) is 4.79 Å². The van der Waals surface area contributed by atoms with E-state index in [1.54, 1.807) is 18.2 Å². The quantitative estimate of drug-likeness (QED) is 0.679. The van der Waals surface area contributed by atoms with Gasteiger partial charge in [-0.3, -0.25) is 0 Å². The van der Waals surface area contributed by atoms with E-state index in [-0.39, 0.29) is 6.61 Å². The van der Waals surface area contributed by atoms with Crippen molar-refractivity contribution < 1.29 is 9.53 Å². The van der Waals surface area contributed by atoms with Gasteiger partial charge < -0.3 is 10.1 Å². The summed E-state index contributed by atoms with van der Waals surface area (Å²) >= 11 is 5.86. The highest BCUT2D eigenvalue weighted by Gasteiger charge is 2.01. The zero-order chi connectivity index (χ0) is 17.2. The van der Waals surface area contributed by atoms with E-state index >= 15 is 0 Å². The molecule has 5 heteroatoms. The van der Waals surface area contributed by atoms with Crippen molar-refractivity contribution in [1.82, 2.24) is 5.32 Å². The summed E-state index contributed by atoms with van der Waals surface area (Å²) < 4.78 is 5.09. The number of hydrogen-bond acceptors (Lipinski definition) is 3. The summed E-state index contributed by atoms with van der Waals surface area (Å²) in [6.07, 6.45) is 0.00390. The maximum absolute atomic E-state index is 11.5. The van der Waals surface area contributed by atoms with Crippen LogP contribution in [0.2, 0.25) is 5.02 Å². The number of alkyl carbamates (subject to hydrolysis) is 1. The molecule has 0 radical (unpaired) electrons. The predicted octanol–water partition coefficient (Wildman–Crippen LogP) is 3.88. The predicted molar refractivity (Wildman–Crippen MR) is 92.3 cm³/mol. The zero-order valence-electron chi connectivity index (χ0n) is 12.9. The average Bonchev–Trinajstić information content (AvgIpc) is 2.62. The number of nitrogens with zero attached hydrogens (tertiary/aromatic N) is 1. The van der Waals surface area contributed by atoms with Crippen LogP contribution >= 0.6 is 11.6 Å². The number of carbonyl (C=O) groups is 1. The van der Waals surface area contributed by atoms with Gasteiger partial charge in [-0.1, -0.05) is 53.8 Å². The van der Waals surface area contributed by atoms with Crippen LogP contribution in [0.1, 0.15) is 23.1 Å². The molecule has 0 aromatic heterocycles. The lowest BCUT2D eigenvalue weighted by molar-refractivity contribution is 0.140. The maximum atomic E-state index is 11.5. The summed E-state index contributed by atoms with van der Waals surface area (Å²) in [5.74, 6) is 5.86. The monoisotopic (exact) mass is 338 g/mol. The SMILES string of the molecule is N#Cc1cc(C#CCCNC(=O)OCc2ccccc2)ccc1Cl. The molecule has 2 aromatic carbocycles. The highest BCUT2D eigenvalue weighted by atomic mass is 35.5. The third-order valence-corrected chi connectivity index (χ3v) is 3.38. The van der Waals surface area contributed by atoms with Crippen molar-refractivity contribution in [2.24, 2.45) is 0 Å². The zero-order valence-corrected chi connectivity index (χ0v) is 13.6. The minimum atomic E-state index is -0.473. The van der Waals surface area contributed by atoms with Gasteiger partial charge in [0.25, 0.3) is 0 Å². The summed E-state index contributed by atoms with van der Waals surface area (Å²) in [5, 5.41) is 11.9. The van der Waals surface area contributed by atoms with Gasteiger partial charge in [0.15, 0.2) is 0 Å². The lowest BCUT2D eigenvalue weighted by Gasteiger charge is -2.05. The van der Waals surface area contributed by atoms with Crippen molar-refractivity contribution in [2.45, 2.75) is 13.0 Å². The third kappa shape index (κ3) is 5.68. The fraction of sp³-hybridized carbons (Fsp3) is 0.158. The molecule has 0 aliphatic rings. The van der Waals surface area contributed by atoms with Gasteiger partial charge in [0, 0.05) is 18.5 Å². The van der Waals surface area contributed by atoms with Gasteiger partial charge >= 0.3 is 6.09 Å². The number of benzene rings is 2. The van der Waals surface area contributed by atoms with E-state index in [1.165, 1.54) is 0 Å². The fourth-order valence-corrected chi connectivity index (χ4v) is 2.01. The largest absolute Gasteiger partial charge is 0.445 e. The Kier molecular flexibility index (Phi) is 6.71. The van der Waals surface area contributed by atoms with E-state index in [2.05, 4.69) is 17.2 Å². The first-order valence-electron chi connectivity index (χ1n) is 7.32.